The number of hydrogen-bond donors (Lipinski definition) is 3. The molecule has 1 aromatic carbocycles. The van der Waals surface area contributed by atoms with E-state index in [9.17, 15) is 4.79 Å². The highest BCUT2D eigenvalue weighted by Gasteiger charge is 2.12. The van der Waals surface area contributed by atoms with Crippen LogP contribution in [0.3, 0.4) is 0 Å². The minimum Gasteiger partial charge on any atom is -0.356 e. The monoisotopic (exact) mass is 503 g/mol. The van der Waals surface area contributed by atoms with Crippen LogP contribution in [-0.2, 0) is 11.2 Å². The zero-order valence-corrected chi connectivity index (χ0v) is 20.5. The van der Waals surface area contributed by atoms with Crippen LogP contribution in [0.2, 0.25) is 0 Å². The highest BCUT2D eigenvalue weighted by atomic mass is 127. The van der Waals surface area contributed by atoms with Gasteiger partial charge in [-0.3, -0.25) is 14.7 Å². The van der Waals surface area contributed by atoms with Crippen molar-refractivity contribution in [3.63, 3.8) is 0 Å². The number of benzene rings is 1. The van der Waals surface area contributed by atoms with Crippen molar-refractivity contribution in [2.75, 3.05) is 32.0 Å². The number of halogens is 1. The van der Waals surface area contributed by atoms with Crippen LogP contribution in [0, 0.1) is 0 Å². The molecule has 0 atom stereocenters. The van der Waals surface area contributed by atoms with Gasteiger partial charge in [-0.1, -0.05) is 12.1 Å². The third-order valence-corrected chi connectivity index (χ3v) is 4.42. The predicted molar refractivity (Wildman–Crippen MR) is 131 cm³/mol. The van der Waals surface area contributed by atoms with Crippen molar-refractivity contribution in [1.29, 1.82) is 0 Å². The van der Waals surface area contributed by atoms with Crippen LogP contribution in [0.4, 0.5) is 5.69 Å². The molecule has 0 aliphatic rings. The van der Waals surface area contributed by atoms with Crippen molar-refractivity contribution in [2.24, 2.45) is 4.99 Å². The second-order valence-corrected chi connectivity index (χ2v) is 7.33. The second kappa shape index (κ2) is 14.6. The Balaban J connectivity index is 0.00000729. The number of rotatable bonds is 10. The molecule has 0 unspecified atom stereocenters. The first-order valence-corrected chi connectivity index (χ1v) is 9.90. The fourth-order valence-electron chi connectivity index (χ4n) is 3.08. The van der Waals surface area contributed by atoms with Gasteiger partial charge in [0.15, 0.2) is 5.96 Å². The lowest BCUT2D eigenvalue weighted by Gasteiger charge is -2.30. The molecule has 6 nitrogen and oxygen atoms in total. The molecule has 0 saturated heterocycles. The smallest absolute Gasteiger partial charge is 0.221 e. The number of hydrogen-bond acceptors (Lipinski definition) is 3. The summed E-state index contributed by atoms with van der Waals surface area (Å²) in [4.78, 5) is 17.8. The summed E-state index contributed by atoms with van der Waals surface area (Å²) in [6.07, 6.45) is 1.98. The average Bonchev–Trinajstić information content (AvgIpc) is 2.60. The highest BCUT2D eigenvalue weighted by Crippen LogP contribution is 2.09. The summed E-state index contributed by atoms with van der Waals surface area (Å²) in [5, 5.41) is 9.52. The number of carbonyl (C=O) groups excluding carboxylic acids is 1. The van der Waals surface area contributed by atoms with E-state index in [1.165, 1.54) is 12.5 Å². The van der Waals surface area contributed by atoms with Crippen LogP contribution in [0.5, 0.6) is 0 Å². The molecule has 0 saturated carbocycles. The lowest BCUT2D eigenvalue weighted by atomic mass is 10.1. The molecular weight excluding hydrogens is 465 g/mol. The molecule has 1 aromatic rings. The van der Waals surface area contributed by atoms with Crippen LogP contribution >= 0.6 is 24.0 Å². The summed E-state index contributed by atoms with van der Waals surface area (Å²) < 4.78 is 0. The number of anilines is 1. The Hall–Kier alpha value is -1.35. The Kier molecular flexibility index (Phi) is 13.9. The molecule has 0 spiro atoms. The van der Waals surface area contributed by atoms with E-state index in [-0.39, 0.29) is 29.9 Å². The number of amides is 1. The van der Waals surface area contributed by atoms with Gasteiger partial charge in [-0.15, -0.1) is 24.0 Å². The molecule has 28 heavy (non-hydrogen) atoms. The number of guanidine groups is 1. The Morgan fingerprint density at radius 2 is 1.61 bits per heavy atom. The van der Waals surface area contributed by atoms with Gasteiger partial charge in [-0.05, 0) is 58.2 Å². The molecule has 160 valence electrons. The SMILES string of the molecule is CN=C(NCCCN(C(C)C)C(C)C)NCCc1ccc(NC(C)=O)cc1.I. The Bertz CT molecular complexity index is 579. The normalized spacial score (nSPS) is 11.5. The summed E-state index contributed by atoms with van der Waals surface area (Å²) >= 11 is 0. The molecule has 1 amide bonds. The minimum absolute atomic E-state index is 0. The van der Waals surface area contributed by atoms with Crippen molar-refractivity contribution in [1.82, 2.24) is 15.5 Å². The largest absolute Gasteiger partial charge is 0.356 e. The van der Waals surface area contributed by atoms with E-state index in [2.05, 4.69) is 53.5 Å². The molecular formula is C21H38IN5O. The molecule has 0 aliphatic heterocycles. The first-order chi connectivity index (χ1) is 12.8. The fourth-order valence-corrected chi connectivity index (χ4v) is 3.08. The number of aliphatic imine (C=N–C) groups is 1. The van der Waals surface area contributed by atoms with E-state index in [1.807, 2.05) is 24.3 Å². The van der Waals surface area contributed by atoms with Crippen LogP contribution < -0.4 is 16.0 Å². The van der Waals surface area contributed by atoms with E-state index in [0.29, 0.717) is 12.1 Å². The van der Waals surface area contributed by atoms with Gasteiger partial charge < -0.3 is 16.0 Å². The molecule has 3 N–H and O–H groups in total. The highest BCUT2D eigenvalue weighted by molar-refractivity contribution is 14.0. The number of nitrogens with one attached hydrogen (secondary N) is 3. The van der Waals surface area contributed by atoms with Gasteiger partial charge in [0, 0.05) is 51.4 Å². The van der Waals surface area contributed by atoms with E-state index in [4.69, 9.17) is 0 Å². The summed E-state index contributed by atoms with van der Waals surface area (Å²) in [6.45, 7) is 13.3. The van der Waals surface area contributed by atoms with Gasteiger partial charge in [0.1, 0.15) is 0 Å². The zero-order chi connectivity index (χ0) is 20.2. The van der Waals surface area contributed by atoms with Crippen molar-refractivity contribution in [2.45, 2.75) is 59.5 Å². The molecule has 0 aliphatic carbocycles. The minimum atomic E-state index is -0.0517. The second-order valence-electron chi connectivity index (χ2n) is 7.33. The maximum absolute atomic E-state index is 11.0. The van der Waals surface area contributed by atoms with Crippen molar-refractivity contribution >= 4 is 41.5 Å². The molecule has 7 heteroatoms. The summed E-state index contributed by atoms with van der Waals surface area (Å²) in [5.74, 6) is 0.787. The van der Waals surface area contributed by atoms with Gasteiger partial charge in [0.2, 0.25) is 5.91 Å². The first kappa shape index (κ1) is 26.6. The predicted octanol–water partition coefficient (Wildman–Crippen LogP) is 3.48. The molecule has 0 fully saturated rings. The lowest BCUT2D eigenvalue weighted by Crippen LogP contribution is -2.41. The van der Waals surface area contributed by atoms with E-state index in [1.54, 1.807) is 7.05 Å². The van der Waals surface area contributed by atoms with Crippen LogP contribution in [-0.4, -0.2) is 55.5 Å². The van der Waals surface area contributed by atoms with Gasteiger partial charge in [0.25, 0.3) is 0 Å². The quantitative estimate of drug-likeness (QED) is 0.198. The molecule has 0 bridgehead atoms. The topological polar surface area (TPSA) is 68.8 Å². The zero-order valence-electron chi connectivity index (χ0n) is 18.2. The fraction of sp³-hybridized carbons (Fsp3) is 0.619. The summed E-state index contributed by atoms with van der Waals surface area (Å²) in [7, 11) is 1.80. The lowest BCUT2D eigenvalue weighted by molar-refractivity contribution is -0.114. The van der Waals surface area contributed by atoms with E-state index in [0.717, 1.165) is 44.1 Å². The first-order valence-electron chi connectivity index (χ1n) is 9.90. The maximum Gasteiger partial charge on any atom is 0.221 e. The third-order valence-electron chi connectivity index (χ3n) is 4.42. The molecule has 1 rings (SSSR count). The third kappa shape index (κ3) is 10.8. The molecule has 0 heterocycles. The Morgan fingerprint density at radius 3 is 2.11 bits per heavy atom. The molecule has 0 aromatic heterocycles. The van der Waals surface area contributed by atoms with Crippen molar-refractivity contribution in [3.8, 4) is 0 Å². The van der Waals surface area contributed by atoms with Gasteiger partial charge in [0.05, 0.1) is 0 Å². The van der Waals surface area contributed by atoms with Gasteiger partial charge >= 0.3 is 0 Å². The molecule has 0 radical (unpaired) electrons. The van der Waals surface area contributed by atoms with Crippen LogP contribution in [0.15, 0.2) is 29.3 Å². The standard InChI is InChI=1S/C21H37N5O.HI/c1-16(2)26(17(3)4)15-7-13-23-21(22-6)24-14-12-19-8-10-20(11-9-19)25-18(5)27;/h8-11,16-17H,7,12-15H2,1-6H3,(H,25,27)(H2,22,23,24);1H. The number of carbonyl (C=O) groups is 1. The van der Waals surface area contributed by atoms with E-state index >= 15 is 0 Å². The van der Waals surface area contributed by atoms with Crippen LogP contribution in [0.25, 0.3) is 0 Å². The van der Waals surface area contributed by atoms with E-state index < -0.39 is 0 Å². The summed E-state index contributed by atoms with van der Waals surface area (Å²) in [6, 6.07) is 9.07. The number of nitrogens with zero attached hydrogens (tertiary/aromatic N) is 2. The average molecular weight is 503 g/mol. The van der Waals surface area contributed by atoms with Gasteiger partial charge in [-0.25, -0.2) is 0 Å². The van der Waals surface area contributed by atoms with Crippen molar-refractivity contribution in [3.05, 3.63) is 29.8 Å². The Labute approximate surface area is 188 Å². The Morgan fingerprint density at radius 1 is 1.04 bits per heavy atom. The summed E-state index contributed by atoms with van der Waals surface area (Å²) in [5.41, 5.74) is 2.05. The van der Waals surface area contributed by atoms with Crippen molar-refractivity contribution < 1.29 is 4.79 Å². The van der Waals surface area contributed by atoms with Gasteiger partial charge in [-0.2, -0.15) is 0 Å². The maximum atomic E-state index is 11.0. The van der Waals surface area contributed by atoms with Crippen LogP contribution in [0.1, 0.15) is 46.6 Å².